The van der Waals surface area contributed by atoms with Crippen LogP contribution in [0.1, 0.15) is 40.5 Å². The number of nitrogens with zero attached hydrogens (tertiary/aromatic N) is 1. The topological polar surface area (TPSA) is 32.3 Å². The molecule has 3 nitrogen and oxygen atoms in total. The zero-order valence-corrected chi connectivity index (χ0v) is 10.6. The Kier molecular flexibility index (Phi) is 11.9. The summed E-state index contributed by atoms with van der Waals surface area (Å²) in [6.45, 7) is 8.85. The number of rotatable bonds is 1. The summed E-state index contributed by atoms with van der Waals surface area (Å²) in [6, 6.07) is 0.105. The SMILES string of the molecule is CC.CC.CN(C)C1CCCNC1=O. The van der Waals surface area contributed by atoms with Crippen molar-refractivity contribution in [2.24, 2.45) is 0 Å². The zero-order valence-electron chi connectivity index (χ0n) is 10.6. The Labute approximate surface area is 88.9 Å². The molecule has 1 saturated heterocycles. The minimum atomic E-state index is 0.105. The van der Waals surface area contributed by atoms with Crippen molar-refractivity contribution in [3.63, 3.8) is 0 Å². The fourth-order valence-corrected chi connectivity index (χ4v) is 1.25. The molecule has 0 radical (unpaired) electrons. The molecule has 3 heteroatoms. The highest BCUT2D eigenvalue weighted by Gasteiger charge is 2.22. The van der Waals surface area contributed by atoms with Gasteiger partial charge in [0.25, 0.3) is 0 Å². The summed E-state index contributed by atoms with van der Waals surface area (Å²) >= 11 is 0. The summed E-state index contributed by atoms with van der Waals surface area (Å²) in [6.07, 6.45) is 2.10. The van der Waals surface area contributed by atoms with E-state index in [1.165, 1.54) is 0 Å². The second kappa shape index (κ2) is 10.5. The molecule has 0 spiro atoms. The number of carbonyl (C=O) groups excluding carboxylic acids is 1. The third kappa shape index (κ3) is 5.97. The number of hydrogen-bond donors (Lipinski definition) is 1. The second-order valence-electron chi connectivity index (χ2n) is 2.91. The molecule has 1 aliphatic rings. The van der Waals surface area contributed by atoms with Gasteiger partial charge in [-0.05, 0) is 26.9 Å². The van der Waals surface area contributed by atoms with Gasteiger partial charge in [-0.3, -0.25) is 9.69 Å². The smallest absolute Gasteiger partial charge is 0.237 e. The fourth-order valence-electron chi connectivity index (χ4n) is 1.25. The Morgan fingerprint density at radius 3 is 2.00 bits per heavy atom. The Balaban J connectivity index is 0. The lowest BCUT2D eigenvalue weighted by Gasteiger charge is -2.26. The largest absolute Gasteiger partial charge is 0.355 e. The lowest BCUT2D eigenvalue weighted by atomic mass is 10.1. The third-order valence-electron chi connectivity index (χ3n) is 1.88. The number of likely N-dealkylation sites (N-methyl/N-ethyl adjacent to an activating group) is 1. The highest BCUT2D eigenvalue weighted by molar-refractivity contribution is 5.82. The lowest BCUT2D eigenvalue weighted by molar-refractivity contribution is -0.127. The first-order valence-electron chi connectivity index (χ1n) is 5.66. The van der Waals surface area contributed by atoms with Crippen molar-refractivity contribution >= 4 is 5.91 Å². The maximum absolute atomic E-state index is 11.1. The average Bonchev–Trinajstić information content (AvgIpc) is 2.24. The van der Waals surface area contributed by atoms with Crippen molar-refractivity contribution in [1.82, 2.24) is 10.2 Å². The normalized spacial score (nSPS) is 19.9. The van der Waals surface area contributed by atoms with Gasteiger partial charge in [0.1, 0.15) is 0 Å². The number of carbonyl (C=O) groups is 1. The van der Waals surface area contributed by atoms with Crippen molar-refractivity contribution in [2.45, 2.75) is 46.6 Å². The van der Waals surface area contributed by atoms with E-state index in [0.29, 0.717) is 0 Å². The van der Waals surface area contributed by atoms with Gasteiger partial charge in [-0.1, -0.05) is 27.7 Å². The van der Waals surface area contributed by atoms with Gasteiger partial charge in [-0.15, -0.1) is 0 Å². The fraction of sp³-hybridized carbons (Fsp3) is 0.909. The molecule has 0 aromatic rings. The standard InChI is InChI=1S/C7H14N2O.2C2H6/c1-9(2)6-4-3-5-8-7(6)10;2*1-2/h6H,3-5H2,1-2H3,(H,8,10);2*1-2H3. The van der Waals surface area contributed by atoms with Crippen LogP contribution in [0.2, 0.25) is 0 Å². The molecule has 14 heavy (non-hydrogen) atoms. The quantitative estimate of drug-likeness (QED) is 0.704. The molecule has 1 atom stereocenters. The number of amides is 1. The summed E-state index contributed by atoms with van der Waals surface area (Å²) < 4.78 is 0. The molecule has 1 fully saturated rings. The summed E-state index contributed by atoms with van der Waals surface area (Å²) in [5.41, 5.74) is 0. The van der Waals surface area contributed by atoms with Gasteiger partial charge >= 0.3 is 0 Å². The first-order chi connectivity index (χ1) is 6.72. The molecular formula is C11H26N2O. The molecule has 0 saturated carbocycles. The van der Waals surface area contributed by atoms with E-state index in [1.807, 2.05) is 46.7 Å². The first-order valence-corrected chi connectivity index (χ1v) is 5.66. The summed E-state index contributed by atoms with van der Waals surface area (Å²) in [5, 5.41) is 2.83. The van der Waals surface area contributed by atoms with E-state index in [2.05, 4.69) is 5.32 Å². The maximum Gasteiger partial charge on any atom is 0.237 e. The molecule has 0 aromatic carbocycles. The van der Waals surface area contributed by atoms with Crippen LogP contribution in [0.25, 0.3) is 0 Å². The van der Waals surface area contributed by atoms with E-state index in [9.17, 15) is 4.79 Å². The molecule has 1 N–H and O–H groups in total. The minimum Gasteiger partial charge on any atom is -0.355 e. The molecule has 1 aliphatic heterocycles. The van der Waals surface area contributed by atoms with Gasteiger partial charge in [0.15, 0.2) is 0 Å². The van der Waals surface area contributed by atoms with Crippen molar-refractivity contribution < 1.29 is 4.79 Å². The molecule has 0 aliphatic carbocycles. The van der Waals surface area contributed by atoms with E-state index in [0.717, 1.165) is 19.4 Å². The van der Waals surface area contributed by atoms with Crippen molar-refractivity contribution in [3.05, 3.63) is 0 Å². The Morgan fingerprint density at radius 1 is 1.21 bits per heavy atom. The van der Waals surface area contributed by atoms with Crippen molar-refractivity contribution in [1.29, 1.82) is 0 Å². The van der Waals surface area contributed by atoms with Gasteiger partial charge in [-0.25, -0.2) is 0 Å². The molecular weight excluding hydrogens is 176 g/mol. The molecule has 86 valence electrons. The van der Waals surface area contributed by atoms with Gasteiger partial charge < -0.3 is 5.32 Å². The van der Waals surface area contributed by atoms with Gasteiger partial charge in [0, 0.05) is 6.54 Å². The van der Waals surface area contributed by atoms with E-state index in [-0.39, 0.29) is 11.9 Å². The van der Waals surface area contributed by atoms with E-state index in [4.69, 9.17) is 0 Å². The highest BCUT2D eigenvalue weighted by Crippen LogP contribution is 2.06. The van der Waals surface area contributed by atoms with Crippen LogP contribution in [0.3, 0.4) is 0 Å². The molecule has 1 rings (SSSR count). The number of nitrogens with one attached hydrogen (secondary N) is 1. The predicted octanol–water partition coefficient (Wildman–Crippen LogP) is 1.88. The minimum absolute atomic E-state index is 0.105. The summed E-state index contributed by atoms with van der Waals surface area (Å²) in [5.74, 6) is 0.177. The first kappa shape index (κ1) is 15.9. The second-order valence-corrected chi connectivity index (χ2v) is 2.91. The summed E-state index contributed by atoms with van der Waals surface area (Å²) in [4.78, 5) is 13.0. The van der Waals surface area contributed by atoms with E-state index < -0.39 is 0 Å². The molecule has 1 amide bonds. The van der Waals surface area contributed by atoms with E-state index in [1.54, 1.807) is 0 Å². The number of piperidine rings is 1. The van der Waals surface area contributed by atoms with Gasteiger partial charge in [0.2, 0.25) is 5.91 Å². The summed E-state index contributed by atoms with van der Waals surface area (Å²) in [7, 11) is 3.88. The lowest BCUT2D eigenvalue weighted by Crippen LogP contribution is -2.47. The Morgan fingerprint density at radius 2 is 1.71 bits per heavy atom. The highest BCUT2D eigenvalue weighted by atomic mass is 16.2. The van der Waals surface area contributed by atoms with Crippen LogP contribution in [0.4, 0.5) is 0 Å². The Bertz CT molecular complexity index is 135. The van der Waals surface area contributed by atoms with Crippen molar-refractivity contribution in [2.75, 3.05) is 20.6 Å². The maximum atomic E-state index is 11.1. The zero-order chi connectivity index (χ0) is 11.6. The number of hydrogen-bond acceptors (Lipinski definition) is 2. The third-order valence-corrected chi connectivity index (χ3v) is 1.88. The predicted molar refractivity (Wildman–Crippen MR) is 62.4 cm³/mol. The van der Waals surface area contributed by atoms with E-state index >= 15 is 0 Å². The average molecular weight is 202 g/mol. The van der Waals surface area contributed by atoms with Crippen molar-refractivity contribution in [3.8, 4) is 0 Å². The van der Waals surface area contributed by atoms with Crippen LogP contribution in [0.15, 0.2) is 0 Å². The molecule has 1 heterocycles. The van der Waals surface area contributed by atoms with Crippen LogP contribution in [0, 0.1) is 0 Å². The molecule has 0 aromatic heterocycles. The van der Waals surface area contributed by atoms with Gasteiger partial charge in [-0.2, -0.15) is 0 Å². The van der Waals surface area contributed by atoms with Crippen LogP contribution in [0.5, 0.6) is 0 Å². The van der Waals surface area contributed by atoms with Crippen LogP contribution in [-0.4, -0.2) is 37.5 Å². The Hall–Kier alpha value is -0.570. The van der Waals surface area contributed by atoms with Gasteiger partial charge in [0.05, 0.1) is 6.04 Å². The molecule has 1 unspecified atom stereocenters. The molecule has 0 bridgehead atoms. The van der Waals surface area contributed by atoms with Crippen LogP contribution in [-0.2, 0) is 4.79 Å². The van der Waals surface area contributed by atoms with Crippen LogP contribution < -0.4 is 5.32 Å². The monoisotopic (exact) mass is 202 g/mol. The van der Waals surface area contributed by atoms with Crippen LogP contribution >= 0.6 is 0 Å².